The van der Waals surface area contributed by atoms with Crippen molar-refractivity contribution in [2.75, 3.05) is 6.54 Å². The summed E-state index contributed by atoms with van der Waals surface area (Å²) < 4.78 is 15.0. The van der Waals surface area contributed by atoms with E-state index < -0.39 is 0 Å². The van der Waals surface area contributed by atoms with Crippen molar-refractivity contribution in [3.8, 4) is 0 Å². The molecule has 0 bridgehead atoms. The second-order valence-electron chi connectivity index (χ2n) is 8.10. The van der Waals surface area contributed by atoms with Gasteiger partial charge in [-0.05, 0) is 64.1 Å². The third kappa shape index (κ3) is 5.29. The van der Waals surface area contributed by atoms with Crippen molar-refractivity contribution in [3.63, 3.8) is 0 Å². The van der Waals surface area contributed by atoms with E-state index in [2.05, 4.69) is 10.3 Å². The molecule has 0 saturated carbocycles. The number of fused-ring (bicyclic) bond motifs is 1. The van der Waals surface area contributed by atoms with Gasteiger partial charge in [0, 0.05) is 30.6 Å². The Hall–Kier alpha value is -3.22. The lowest BCUT2D eigenvalue weighted by molar-refractivity contribution is -0.135. The average Bonchev–Trinajstić information content (AvgIpc) is 3.05. The van der Waals surface area contributed by atoms with Crippen molar-refractivity contribution >= 4 is 22.8 Å². The molecule has 1 N–H and O–H groups in total. The van der Waals surface area contributed by atoms with Crippen molar-refractivity contribution in [3.05, 3.63) is 65.7 Å². The highest BCUT2D eigenvalue weighted by Crippen LogP contribution is 2.18. The summed E-state index contributed by atoms with van der Waals surface area (Å²) in [7, 11) is 0. The number of halogens is 1. The molecule has 1 heterocycles. The van der Waals surface area contributed by atoms with Gasteiger partial charge in [0.05, 0.1) is 11.0 Å². The monoisotopic (exact) mass is 424 g/mol. The van der Waals surface area contributed by atoms with E-state index in [1.54, 1.807) is 0 Å². The minimum atomic E-state index is -0.383. The zero-order valence-electron chi connectivity index (χ0n) is 18.4. The number of nitrogens with zero attached hydrogens (tertiary/aromatic N) is 3. The molecule has 0 spiro atoms. The summed E-state index contributed by atoms with van der Waals surface area (Å²) in [6, 6.07) is 13.3. The Balaban J connectivity index is 1.76. The first-order chi connectivity index (χ1) is 14.8. The van der Waals surface area contributed by atoms with E-state index in [0.29, 0.717) is 18.5 Å². The van der Waals surface area contributed by atoms with E-state index in [1.807, 2.05) is 61.4 Å². The largest absolute Gasteiger partial charge is 0.352 e. The van der Waals surface area contributed by atoms with Gasteiger partial charge in [-0.25, -0.2) is 9.37 Å². The molecule has 3 rings (SSSR count). The van der Waals surface area contributed by atoms with Gasteiger partial charge in [-0.15, -0.1) is 0 Å². The van der Waals surface area contributed by atoms with Crippen LogP contribution in [0.15, 0.2) is 48.5 Å². The normalized spacial score (nSPS) is 11.3. The minimum absolute atomic E-state index is 0.0322. The summed E-state index contributed by atoms with van der Waals surface area (Å²) in [6.45, 7) is 8.58. The Morgan fingerprint density at radius 3 is 2.32 bits per heavy atom. The number of carbonyl (C=O) groups excluding carboxylic acids is 2. The summed E-state index contributed by atoms with van der Waals surface area (Å²) in [4.78, 5) is 31.9. The molecule has 0 saturated heterocycles. The number of imidazole rings is 1. The van der Waals surface area contributed by atoms with Crippen LogP contribution in [-0.4, -0.2) is 44.9 Å². The van der Waals surface area contributed by atoms with Crippen molar-refractivity contribution in [2.45, 2.75) is 52.7 Å². The third-order valence-electron chi connectivity index (χ3n) is 5.17. The van der Waals surface area contributed by atoms with Crippen LogP contribution in [0.5, 0.6) is 0 Å². The Morgan fingerprint density at radius 2 is 1.68 bits per heavy atom. The van der Waals surface area contributed by atoms with Gasteiger partial charge < -0.3 is 14.8 Å². The van der Waals surface area contributed by atoms with Gasteiger partial charge >= 0.3 is 0 Å². The van der Waals surface area contributed by atoms with E-state index in [4.69, 9.17) is 0 Å². The molecule has 0 aliphatic heterocycles. The molecular formula is C24H29FN4O2. The van der Waals surface area contributed by atoms with Crippen LogP contribution in [0.3, 0.4) is 0 Å². The number of benzene rings is 2. The zero-order valence-corrected chi connectivity index (χ0v) is 18.4. The van der Waals surface area contributed by atoms with Crippen LogP contribution in [-0.2, 0) is 17.8 Å². The standard InChI is InChI=1S/C24H29FN4O2/c1-16(2)29(17(3)4)23(30)15-28-21-8-6-5-7-20(21)27-22(28)13-14-26-24(31)18-9-11-19(25)12-10-18/h5-12,16-17H,13-15H2,1-4H3,(H,26,31). The van der Waals surface area contributed by atoms with Crippen molar-refractivity contribution in [1.82, 2.24) is 19.8 Å². The highest BCUT2D eigenvalue weighted by Gasteiger charge is 2.22. The van der Waals surface area contributed by atoms with Crippen LogP contribution in [0.25, 0.3) is 11.0 Å². The number of carbonyl (C=O) groups is 2. The predicted octanol–water partition coefficient (Wildman–Crippen LogP) is 3.79. The van der Waals surface area contributed by atoms with Crippen molar-refractivity contribution < 1.29 is 14.0 Å². The van der Waals surface area contributed by atoms with Crippen LogP contribution in [0.4, 0.5) is 4.39 Å². The second kappa shape index (κ2) is 9.73. The Morgan fingerprint density at radius 1 is 1.03 bits per heavy atom. The van der Waals surface area contributed by atoms with Crippen molar-refractivity contribution in [2.24, 2.45) is 0 Å². The number of rotatable bonds is 8. The Bertz CT molecular complexity index is 1050. The van der Waals surface area contributed by atoms with Crippen LogP contribution in [0.1, 0.15) is 43.9 Å². The molecule has 7 heteroatoms. The fourth-order valence-corrected chi connectivity index (χ4v) is 3.87. The van der Waals surface area contributed by atoms with Gasteiger partial charge in [0.2, 0.25) is 5.91 Å². The highest BCUT2D eigenvalue weighted by atomic mass is 19.1. The number of para-hydroxylation sites is 2. The molecule has 2 amide bonds. The second-order valence-corrected chi connectivity index (χ2v) is 8.10. The molecule has 0 radical (unpaired) electrons. The Kier molecular flexibility index (Phi) is 7.05. The van der Waals surface area contributed by atoms with Gasteiger partial charge in [0.25, 0.3) is 5.91 Å². The zero-order chi connectivity index (χ0) is 22.5. The number of amides is 2. The van der Waals surface area contributed by atoms with Gasteiger partial charge in [-0.2, -0.15) is 0 Å². The summed E-state index contributed by atoms with van der Waals surface area (Å²) in [5.74, 6) is 0.113. The van der Waals surface area contributed by atoms with E-state index >= 15 is 0 Å². The minimum Gasteiger partial charge on any atom is -0.352 e. The maximum absolute atomic E-state index is 13.1. The molecule has 164 valence electrons. The first-order valence-electron chi connectivity index (χ1n) is 10.6. The molecule has 2 aromatic carbocycles. The topological polar surface area (TPSA) is 67.2 Å². The summed E-state index contributed by atoms with van der Waals surface area (Å²) in [6.07, 6.45) is 0.470. The number of aromatic nitrogens is 2. The Labute approximate surface area is 182 Å². The van der Waals surface area contributed by atoms with Crippen LogP contribution >= 0.6 is 0 Å². The summed E-state index contributed by atoms with van der Waals surface area (Å²) >= 11 is 0. The predicted molar refractivity (Wildman–Crippen MR) is 119 cm³/mol. The summed E-state index contributed by atoms with van der Waals surface area (Å²) in [5, 5.41) is 2.84. The first kappa shape index (κ1) is 22.5. The van der Waals surface area contributed by atoms with E-state index in [0.717, 1.165) is 16.9 Å². The highest BCUT2D eigenvalue weighted by molar-refractivity contribution is 5.94. The summed E-state index contributed by atoms with van der Waals surface area (Å²) in [5.41, 5.74) is 2.11. The molecule has 6 nitrogen and oxygen atoms in total. The van der Waals surface area contributed by atoms with Crippen LogP contribution in [0, 0.1) is 5.82 Å². The maximum atomic E-state index is 13.1. The van der Waals surface area contributed by atoms with E-state index in [1.165, 1.54) is 24.3 Å². The number of nitrogens with one attached hydrogen (secondary N) is 1. The smallest absolute Gasteiger partial charge is 0.251 e. The molecular weight excluding hydrogens is 395 g/mol. The lowest BCUT2D eigenvalue weighted by Gasteiger charge is -2.31. The van der Waals surface area contributed by atoms with Gasteiger partial charge in [0.1, 0.15) is 18.2 Å². The van der Waals surface area contributed by atoms with Gasteiger partial charge in [0.15, 0.2) is 0 Å². The molecule has 31 heavy (non-hydrogen) atoms. The molecule has 0 atom stereocenters. The van der Waals surface area contributed by atoms with E-state index in [9.17, 15) is 14.0 Å². The lowest BCUT2D eigenvalue weighted by atomic mass is 10.2. The fourth-order valence-electron chi connectivity index (χ4n) is 3.87. The fraction of sp³-hybridized carbons (Fsp3) is 0.375. The van der Waals surface area contributed by atoms with Crippen molar-refractivity contribution in [1.29, 1.82) is 0 Å². The van der Waals surface area contributed by atoms with Crippen LogP contribution < -0.4 is 5.32 Å². The average molecular weight is 425 g/mol. The number of hydrogen-bond donors (Lipinski definition) is 1. The molecule has 0 fully saturated rings. The number of hydrogen-bond acceptors (Lipinski definition) is 3. The first-order valence-corrected chi connectivity index (χ1v) is 10.6. The molecule has 0 aliphatic carbocycles. The molecule has 0 aliphatic rings. The van der Waals surface area contributed by atoms with Gasteiger partial charge in [-0.1, -0.05) is 12.1 Å². The van der Waals surface area contributed by atoms with Gasteiger partial charge in [-0.3, -0.25) is 9.59 Å². The van der Waals surface area contributed by atoms with E-state index in [-0.39, 0.29) is 36.3 Å². The SMILES string of the molecule is CC(C)N(C(=O)Cn1c(CCNC(=O)c2ccc(F)cc2)nc2ccccc21)C(C)C. The quantitative estimate of drug-likeness (QED) is 0.598. The third-order valence-corrected chi connectivity index (χ3v) is 5.17. The molecule has 0 unspecified atom stereocenters. The molecule has 3 aromatic rings. The maximum Gasteiger partial charge on any atom is 0.251 e. The van der Waals surface area contributed by atoms with Crippen LogP contribution in [0.2, 0.25) is 0 Å². The lowest BCUT2D eigenvalue weighted by Crippen LogP contribution is -2.43. The molecule has 1 aromatic heterocycles.